The zero-order chi connectivity index (χ0) is 13.4. The van der Waals surface area contributed by atoms with Gasteiger partial charge in [-0.2, -0.15) is 0 Å². The summed E-state index contributed by atoms with van der Waals surface area (Å²) < 4.78 is 4.97. The molecule has 1 rings (SSSR count). The lowest BCUT2D eigenvalue weighted by Crippen LogP contribution is -2.51. The van der Waals surface area contributed by atoms with Crippen molar-refractivity contribution in [2.45, 2.75) is 32.7 Å². The summed E-state index contributed by atoms with van der Waals surface area (Å²) in [6.07, 6.45) is 1.50. The molecule has 4 N–H and O–H groups in total. The van der Waals surface area contributed by atoms with Crippen LogP contribution in [0.4, 0.5) is 4.79 Å². The summed E-state index contributed by atoms with van der Waals surface area (Å²) in [4.78, 5) is 17.4. The fraction of sp³-hybridized carbons (Fsp3) is 0.818. The van der Waals surface area contributed by atoms with Crippen LogP contribution in [0.25, 0.3) is 0 Å². The third-order valence-corrected chi connectivity index (χ3v) is 2.81. The van der Waals surface area contributed by atoms with E-state index in [0.29, 0.717) is 32.2 Å². The highest BCUT2D eigenvalue weighted by molar-refractivity contribution is 5.79. The van der Waals surface area contributed by atoms with E-state index in [1.54, 1.807) is 4.90 Å². The van der Waals surface area contributed by atoms with Crippen molar-refractivity contribution in [1.82, 2.24) is 15.6 Å². The van der Waals surface area contributed by atoms with Crippen molar-refractivity contribution < 1.29 is 9.53 Å². The second-order valence-electron chi connectivity index (χ2n) is 4.07. The second-order valence-corrected chi connectivity index (χ2v) is 4.07. The second kappa shape index (κ2) is 7.75. The fourth-order valence-corrected chi connectivity index (χ4v) is 1.91. The van der Waals surface area contributed by atoms with Crippen LogP contribution in [0.3, 0.4) is 0 Å². The summed E-state index contributed by atoms with van der Waals surface area (Å²) in [5, 5.41) is 3.23. The number of ether oxygens (including phenoxy) is 1. The Kier molecular flexibility index (Phi) is 6.27. The van der Waals surface area contributed by atoms with Gasteiger partial charge in [0.2, 0.25) is 5.96 Å². The van der Waals surface area contributed by atoms with Crippen LogP contribution >= 0.6 is 0 Å². The Morgan fingerprint density at radius 3 is 2.61 bits per heavy atom. The Hall–Kier alpha value is -1.50. The molecule has 0 spiro atoms. The number of aliphatic imine (C=N–C) groups is 1. The zero-order valence-electron chi connectivity index (χ0n) is 11.1. The summed E-state index contributed by atoms with van der Waals surface area (Å²) in [5.41, 5.74) is 2.54. The number of hydrazine groups is 1. The molecule has 18 heavy (non-hydrogen) atoms. The first kappa shape index (κ1) is 14.6. The number of carbonyl (C=O) groups excluding carboxylic acids is 1. The summed E-state index contributed by atoms with van der Waals surface area (Å²) in [6, 6.07) is 0.289. The molecule has 0 saturated carbocycles. The van der Waals surface area contributed by atoms with Crippen molar-refractivity contribution >= 4 is 12.1 Å². The van der Waals surface area contributed by atoms with Gasteiger partial charge in [0.15, 0.2) is 0 Å². The van der Waals surface area contributed by atoms with Gasteiger partial charge in [-0.15, -0.1) is 0 Å². The van der Waals surface area contributed by atoms with Crippen LogP contribution in [0.5, 0.6) is 0 Å². The predicted molar refractivity (Wildman–Crippen MR) is 70.1 cm³/mol. The van der Waals surface area contributed by atoms with Crippen LogP contribution in [-0.4, -0.2) is 49.2 Å². The minimum absolute atomic E-state index is 0.227. The third-order valence-electron chi connectivity index (χ3n) is 2.81. The number of hydrogen-bond acceptors (Lipinski definition) is 4. The normalized spacial score (nSPS) is 17.5. The Labute approximate surface area is 108 Å². The molecule has 0 unspecified atom stereocenters. The van der Waals surface area contributed by atoms with Crippen molar-refractivity contribution in [2.24, 2.45) is 10.8 Å². The van der Waals surface area contributed by atoms with E-state index < -0.39 is 0 Å². The Morgan fingerprint density at radius 1 is 1.44 bits per heavy atom. The van der Waals surface area contributed by atoms with E-state index in [-0.39, 0.29) is 12.1 Å². The van der Waals surface area contributed by atoms with Gasteiger partial charge in [0, 0.05) is 25.7 Å². The highest BCUT2D eigenvalue weighted by Crippen LogP contribution is 2.11. The molecule has 0 radical (unpaired) electrons. The molecule has 1 aliphatic rings. The number of nitrogens with two attached hydrogens (primary N) is 1. The van der Waals surface area contributed by atoms with Gasteiger partial charge < -0.3 is 15.0 Å². The number of nitrogens with one attached hydrogen (secondary N) is 2. The number of piperidine rings is 1. The van der Waals surface area contributed by atoms with Crippen LogP contribution in [-0.2, 0) is 4.74 Å². The van der Waals surface area contributed by atoms with E-state index in [1.807, 2.05) is 13.8 Å². The smallest absolute Gasteiger partial charge is 0.409 e. The number of carbonyl (C=O) groups is 1. The van der Waals surface area contributed by atoms with E-state index in [4.69, 9.17) is 10.6 Å². The maximum Gasteiger partial charge on any atom is 0.409 e. The first-order chi connectivity index (χ1) is 8.71. The molecule has 0 aromatic carbocycles. The molecule has 1 amide bonds. The minimum atomic E-state index is -0.227. The minimum Gasteiger partial charge on any atom is -0.450 e. The summed E-state index contributed by atoms with van der Waals surface area (Å²) in [7, 11) is 0. The molecule has 0 aromatic heterocycles. The molecule has 104 valence electrons. The average Bonchev–Trinajstić information content (AvgIpc) is 2.39. The number of guanidine groups is 1. The van der Waals surface area contributed by atoms with E-state index in [0.717, 1.165) is 12.8 Å². The van der Waals surface area contributed by atoms with E-state index in [2.05, 4.69) is 15.7 Å². The zero-order valence-corrected chi connectivity index (χ0v) is 11.1. The number of nitrogens with zero attached hydrogens (tertiary/aromatic N) is 2. The molecule has 7 nitrogen and oxygen atoms in total. The fourth-order valence-electron chi connectivity index (χ4n) is 1.91. The molecule has 1 fully saturated rings. The summed E-state index contributed by atoms with van der Waals surface area (Å²) in [6.45, 7) is 6.24. The molecule has 1 saturated heterocycles. The largest absolute Gasteiger partial charge is 0.450 e. The molecule has 1 aliphatic heterocycles. The van der Waals surface area contributed by atoms with E-state index in [1.165, 1.54) is 0 Å². The topological polar surface area (TPSA) is 92.0 Å². The average molecular weight is 257 g/mol. The van der Waals surface area contributed by atoms with E-state index >= 15 is 0 Å². The van der Waals surface area contributed by atoms with Crippen LogP contribution < -0.4 is 16.6 Å². The van der Waals surface area contributed by atoms with Crippen LogP contribution in [0.2, 0.25) is 0 Å². The Bertz CT molecular complexity index is 287. The van der Waals surface area contributed by atoms with Gasteiger partial charge in [0.05, 0.1) is 6.61 Å². The quantitative estimate of drug-likeness (QED) is 0.287. The maximum absolute atomic E-state index is 11.5. The van der Waals surface area contributed by atoms with Crippen molar-refractivity contribution in [1.29, 1.82) is 0 Å². The molecular weight excluding hydrogens is 234 g/mol. The highest BCUT2D eigenvalue weighted by Gasteiger charge is 2.23. The number of rotatable bonds is 3. The van der Waals surface area contributed by atoms with E-state index in [9.17, 15) is 4.79 Å². The van der Waals surface area contributed by atoms with Gasteiger partial charge in [0.25, 0.3) is 0 Å². The molecule has 0 aromatic rings. The molecule has 0 bridgehead atoms. The van der Waals surface area contributed by atoms with Crippen molar-refractivity contribution in [2.75, 3.05) is 26.2 Å². The summed E-state index contributed by atoms with van der Waals surface area (Å²) in [5.74, 6) is 5.97. The first-order valence-corrected chi connectivity index (χ1v) is 6.40. The number of likely N-dealkylation sites (tertiary alicyclic amines) is 1. The lowest BCUT2D eigenvalue weighted by molar-refractivity contribution is 0.0963. The molecular formula is C11H23N5O2. The third kappa shape index (κ3) is 4.40. The number of amides is 1. The first-order valence-electron chi connectivity index (χ1n) is 6.40. The number of hydrogen-bond donors (Lipinski definition) is 3. The van der Waals surface area contributed by atoms with Crippen molar-refractivity contribution in [3.63, 3.8) is 0 Å². The van der Waals surface area contributed by atoms with Crippen LogP contribution in [0.15, 0.2) is 4.99 Å². The van der Waals surface area contributed by atoms with Crippen LogP contribution in [0.1, 0.15) is 26.7 Å². The molecule has 7 heteroatoms. The predicted octanol–water partition coefficient (Wildman–Crippen LogP) is 0.0361. The lowest BCUT2D eigenvalue weighted by atomic mass is 10.1. The maximum atomic E-state index is 11.5. The SMILES string of the molecule is CCN=C(NN)NC1CCN(C(=O)OCC)CC1. The monoisotopic (exact) mass is 257 g/mol. The van der Waals surface area contributed by atoms with Gasteiger partial charge in [-0.25, -0.2) is 10.6 Å². The van der Waals surface area contributed by atoms with Gasteiger partial charge in [0.1, 0.15) is 0 Å². The molecule has 1 heterocycles. The van der Waals surface area contributed by atoms with Crippen molar-refractivity contribution in [3.05, 3.63) is 0 Å². The molecule has 0 aliphatic carbocycles. The molecule has 0 atom stereocenters. The van der Waals surface area contributed by atoms with Crippen LogP contribution in [0, 0.1) is 0 Å². The van der Waals surface area contributed by atoms with Gasteiger partial charge in [-0.1, -0.05) is 0 Å². The standard InChI is InChI=1S/C11H23N5O2/c1-3-13-10(15-12)14-9-5-7-16(8-6-9)11(17)18-4-2/h9H,3-8,12H2,1-2H3,(H2,13,14,15). The Morgan fingerprint density at radius 2 is 2.11 bits per heavy atom. The van der Waals surface area contributed by atoms with Gasteiger partial charge in [-0.3, -0.25) is 10.4 Å². The summed E-state index contributed by atoms with van der Waals surface area (Å²) >= 11 is 0. The highest BCUT2D eigenvalue weighted by atomic mass is 16.6. The van der Waals surface area contributed by atoms with Gasteiger partial charge >= 0.3 is 6.09 Å². The van der Waals surface area contributed by atoms with Crippen molar-refractivity contribution in [3.8, 4) is 0 Å². The lowest BCUT2D eigenvalue weighted by Gasteiger charge is -2.32. The van der Waals surface area contributed by atoms with Gasteiger partial charge in [-0.05, 0) is 26.7 Å². The Balaban J connectivity index is 2.35.